The van der Waals surface area contributed by atoms with Gasteiger partial charge in [0.2, 0.25) is 0 Å². The Morgan fingerprint density at radius 2 is 1.67 bits per heavy atom. The Labute approximate surface area is 165 Å². The maximum Gasteiger partial charge on any atom is 0.126 e. The van der Waals surface area contributed by atoms with Crippen LogP contribution in [0.2, 0.25) is 0 Å². The highest BCUT2D eigenvalue weighted by atomic mass is 16.5. The molecule has 1 aliphatic carbocycles. The molecule has 1 aliphatic rings. The molecule has 0 unspecified atom stereocenters. The molecule has 2 aromatic rings. The zero-order valence-corrected chi connectivity index (χ0v) is 16.6. The third-order valence-corrected chi connectivity index (χ3v) is 4.45. The van der Waals surface area contributed by atoms with Gasteiger partial charge in [-0.2, -0.15) is 0 Å². The zero-order chi connectivity index (χ0) is 18.8. The van der Waals surface area contributed by atoms with Crippen molar-refractivity contribution in [2.24, 2.45) is 0 Å². The first-order valence-corrected chi connectivity index (χ1v) is 9.81. The molecular weight excluding hydrogens is 334 g/mol. The zero-order valence-electron chi connectivity index (χ0n) is 16.6. The number of benzene rings is 1. The van der Waals surface area contributed by atoms with Crippen molar-refractivity contribution in [1.29, 1.82) is 0 Å². The van der Waals surface area contributed by atoms with Crippen LogP contribution < -0.4 is 15.4 Å². The Hall–Kier alpha value is -2.07. The van der Waals surface area contributed by atoms with E-state index in [-0.39, 0.29) is 7.43 Å². The van der Waals surface area contributed by atoms with E-state index >= 15 is 0 Å². The maximum atomic E-state index is 5.18. The third-order valence-electron chi connectivity index (χ3n) is 4.45. The Kier molecular flexibility index (Phi) is 10.5. The van der Waals surface area contributed by atoms with E-state index in [1.807, 2.05) is 26.0 Å². The van der Waals surface area contributed by atoms with E-state index in [9.17, 15) is 0 Å². The summed E-state index contributed by atoms with van der Waals surface area (Å²) in [6, 6.07) is 13.3. The Bertz CT molecular complexity index is 651. The molecule has 0 bridgehead atoms. The van der Waals surface area contributed by atoms with Gasteiger partial charge in [-0.05, 0) is 75.0 Å². The molecule has 0 aliphatic heterocycles. The lowest BCUT2D eigenvalue weighted by Crippen LogP contribution is -2.20. The van der Waals surface area contributed by atoms with Gasteiger partial charge in [0.1, 0.15) is 11.6 Å². The third kappa shape index (κ3) is 8.00. The van der Waals surface area contributed by atoms with Crippen LogP contribution in [0.5, 0.6) is 5.75 Å². The number of hydrogen-bond acceptors (Lipinski definition) is 4. The van der Waals surface area contributed by atoms with Gasteiger partial charge < -0.3 is 15.4 Å². The molecular formula is C23H37N3O. The lowest BCUT2D eigenvalue weighted by molar-refractivity contribution is 0.414. The SMILES string of the molecule is C.CC.COc1ccc(CCNCCc2ccc(NC3CC3)nc2C)cc1. The molecule has 2 N–H and O–H groups in total. The molecule has 0 atom stereocenters. The largest absolute Gasteiger partial charge is 0.497 e. The number of aryl methyl sites for hydroxylation is 1. The smallest absolute Gasteiger partial charge is 0.126 e. The molecule has 150 valence electrons. The van der Waals surface area contributed by atoms with Crippen LogP contribution in [-0.4, -0.2) is 31.2 Å². The monoisotopic (exact) mass is 371 g/mol. The molecule has 0 saturated heterocycles. The highest BCUT2D eigenvalue weighted by molar-refractivity contribution is 5.40. The van der Waals surface area contributed by atoms with Gasteiger partial charge >= 0.3 is 0 Å². The highest BCUT2D eigenvalue weighted by Crippen LogP contribution is 2.24. The van der Waals surface area contributed by atoms with Gasteiger partial charge in [-0.3, -0.25) is 0 Å². The van der Waals surface area contributed by atoms with Crippen molar-refractivity contribution in [2.45, 2.75) is 59.9 Å². The molecule has 1 fully saturated rings. The molecule has 0 amide bonds. The Morgan fingerprint density at radius 1 is 1.00 bits per heavy atom. The average Bonchev–Trinajstić information content (AvgIpc) is 3.49. The van der Waals surface area contributed by atoms with Gasteiger partial charge in [0.25, 0.3) is 0 Å². The summed E-state index contributed by atoms with van der Waals surface area (Å²) in [6.45, 7) is 8.07. The first-order chi connectivity index (χ1) is 12.7. The lowest BCUT2D eigenvalue weighted by atomic mass is 10.1. The minimum atomic E-state index is 0. The summed E-state index contributed by atoms with van der Waals surface area (Å²) in [6.07, 6.45) is 4.61. The van der Waals surface area contributed by atoms with E-state index in [1.54, 1.807) is 7.11 Å². The van der Waals surface area contributed by atoms with Gasteiger partial charge in [-0.25, -0.2) is 4.98 Å². The molecule has 4 heteroatoms. The van der Waals surface area contributed by atoms with Crippen LogP contribution in [0.4, 0.5) is 5.82 Å². The van der Waals surface area contributed by atoms with Gasteiger partial charge in [0.15, 0.2) is 0 Å². The van der Waals surface area contributed by atoms with Crippen LogP contribution in [0.25, 0.3) is 0 Å². The number of methoxy groups -OCH3 is 1. The van der Waals surface area contributed by atoms with E-state index in [1.165, 1.54) is 24.0 Å². The Balaban J connectivity index is 0.00000118. The molecule has 1 heterocycles. The van der Waals surface area contributed by atoms with Gasteiger partial charge in [0.05, 0.1) is 7.11 Å². The number of rotatable bonds is 9. The second kappa shape index (κ2) is 12.3. The number of nitrogens with one attached hydrogen (secondary N) is 2. The summed E-state index contributed by atoms with van der Waals surface area (Å²) >= 11 is 0. The number of nitrogens with zero attached hydrogens (tertiary/aromatic N) is 1. The number of hydrogen-bond donors (Lipinski definition) is 2. The summed E-state index contributed by atoms with van der Waals surface area (Å²) in [5.74, 6) is 1.93. The predicted octanol–water partition coefficient (Wildman–Crippen LogP) is 5.01. The van der Waals surface area contributed by atoms with Crippen LogP contribution in [0.1, 0.15) is 50.9 Å². The lowest BCUT2D eigenvalue weighted by Gasteiger charge is -2.10. The van der Waals surface area contributed by atoms with E-state index in [0.29, 0.717) is 6.04 Å². The summed E-state index contributed by atoms with van der Waals surface area (Å²) in [7, 11) is 1.70. The summed E-state index contributed by atoms with van der Waals surface area (Å²) in [5.41, 5.74) is 3.79. The Morgan fingerprint density at radius 3 is 2.26 bits per heavy atom. The molecule has 1 aromatic carbocycles. The quantitative estimate of drug-likeness (QED) is 0.608. The van der Waals surface area contributed by atoms with Crippen molar-refractivity contribution < 1.29 is 4.74 Å². The molecule has 27 heavy (non-hydrogen) atoms. The topological polar surface area (TPSA) is 46.2 Å². The molecule has 1 saturated carbocycles. The van der Waals surface area contributed by atoms with Gasteiger partial charge in [-0.1, -0.05) is 39.5 Å². The molecule has 0 spiro atoms. The second-order valence-electron chi connectivity index (χ2n) is 6.46. The number of anilines is 1. The van der Waals surface area contributed by atoms with E-state index < -0.39 is 0 Å². The van der Waals surface area contributed by atoms with Crippen LogP contribution >= 0.6 is 0 Å². The van der Waals surface area contributed by atoms with Gasteiger partial charge in [0, 0.05) is 11.7 Å². The predicted molar refractivity (Wildman–Crippen MR) is 117 cm³/mol. The molecule has 4 nitrogen and oxygen atoms in total. The van der Waals surface area contributed by atoms with Crippen LogP contribution in [-0.2, 0) is 12.8 Å². The summed E-state index contributed by atoms with van der Waals surface area (Å²) in [5, 5.41) is 6.97. The van der Waals surface area contributed by atoms with E-state index in [0.717, 1.165) is 43.2 Å². The number of pyridine rings is 1. The van der Waals surface area contributed by atoms with Crippen LogP contribution in [0, 0.1) is 6.92 Å². The van der Waals surface area contributed by atoms with Crippen molar-refractivity contribution >= 4 is 5.82 Å². The second-order valence-corrected chi connectivity index (χ2v) is 6.46. The maximum absolute atomic E-state index is 5.18. The summed E-state index contributed by atoms with van der Waals surface area (Å²) < 4.78 is 5.18. The van der Waals surface area contributed by atoms with E-state index in [4.69, 9.17) is 4.74 Å². The van der Waals surface area contributed by atoms with Crippen molar-refractivity contribution in [1.82, 2.24) is 10.3 Å². The minimum Gasteiger partial charge on any atom is -0.497 e. The normalized spacial score (nSPS) is 12.4. The van der Waals surface area contributed by atoms with Crippen LogP contribution in [0.3, 0.4) is 0 Å². The first-order valence-electron chi connectivity index (χ1n) is 9.81. The fraction of sp³-hybridized carbons (Fsp3) is 0.522. The van der Waals surface area contributed by atoms with Crippen molar-refractivity contribution in [3.8, 4) is 5.75 Å². The summed E-state index contributed by atoms with van der Waals surface area (Å²) in [4.78, 5) is 4.67. The van der Waals surface area contributed by atoms with Crippen molar-refractivity contribution in [3.63, 3.8) is 0 Å². The molecule has 1 aromatic heterocycles. The van der Waals surface area contributed by atoms with Gasteiger partial charge in [-0.15, -0.1) is 0 Å². The number of aromatic nitrogens is 1. The van der Waals surface area contributed by atoms with Crippen molar-refractivity contribution in [2.75, 3.05) is 25.5 Å². The average molecular weight is 372 g/mol. The van der Waals surface area contributed by atoms with E-state index in [2.05, 4.69) is 46.8 Å². The van der Waals surface area contributed by atoms with Crippen molar-refractivity contribution in [3.05, 3.63) is 53.2 Å². The first kappa shape index (κ1) is 23.0. The minimum absolute atomic E-state index is 0. The molecule has 3 rings (SSSR count). The van der Waals surface area contributed by atoms with Crippen LogP contribution in [0.15, 0.2) is 36.4 Å². The fourth-order valence-corrected chi connectivity index (χ4v) is 2.74. The highest BCUT2D eigenvalue weighted by Gasteiger charge is 2.21. The standard InChI is InChI=1S/C20H27N3O.C2H6.CH4/c1-15-17(5-10-20(22-15)23-18-6-7-18)12-14-21-13-11-16-3-8-19(24-2)9-4-16;1-2;/h3-5,8-10,18,21H,6-7,11-14H2,1-2H3,(H,22,23);1-2H3;1H4. The molecule has 0 radical (unpaired) electrons. The number of ether oxygens (including phenoxy) is 1. The fourth-order valence-electron chi connectivity index (χ4n) is 2.74.